The van der Waals surface area contributed by atoms with E-state index < -0.39 is 0 Å². The third kappa shape index (κ3) is 4.09. The Balaban J connectivity index is 1.48. The molecule has 0 radical (unpaired) electrons. The van der Waals surface area contributed by atoms with E-state index in [1.807, 2.05) is 68.4 Å². The minimum atomic E-state index is -0.0558. The molecule has 2 heterocycles. The fraction of sp³-hybridized carbons (Fsp3) is 0.208. The van der Waals surface area contributed by atoms with Crippen LogP contribution in [0.4, 0.5) is 11.4 Å². The van der Waals surface area contributed by atoms with Gasteiger partial charge in [0, 0.05) is 29.7 Å². The molecular formula is C24H23N3O2S. The first-order chi connectivity index (χ1) is 14.5. The number of rotatable bonds is 5. The van der Waals surface area contributed by atoms with Crippen molar-refractivity contribution in [3.05, 3.63) is 77.5 Å². The maximum Gasteiger partial charge on any atom is 0.259 e. The number of fused-ring (bicyclic) bond motifs is 2. The Bertz CT molecular complexity index is 1110. The Hall–Kier alpha value is -3.12. The predicted octanol–water partition coefficient (Wildman–Crippen LogP) is 5.23. The van der Waals surface area contributed by atoms with Crippen molar-refractivity contribution in [2.75, 3.05) is 16.8 Å². The molecule has 0 unspecified atom stereocenters. The molecule has 1 aliphatic heterocycles. The summed E-state index contributed by atoms with van der Waals surface area (Å²) in [6.45, 7) is 4.48. The SMILES string of the molecule is Cc1cccc(NC(=O)CCCN2C(=O)c3ccccc3Sc3ncccc32)c1C. The summed E-state index contributed by atoms with van der Waals surface area (Å²) >= 11 is 1.50. The number of nitrogens with zero attached hydrogens (tertiary/aromatic N) is 2. The number of aryl methyl sites for hydroxylation is 1. The van der Waals surface area contributed by atoms with Gasteiger partial charge in [-0.3, -0.25) is 9.59 Å². The third-order valence-corrected chi connectivity index (χ3v) is 6.36. The minimum absolute atomic E-state index is 0.0489. The summed E-state index contributed by atoms with van der Waals surface area (Å²) < 4.78 is 0. The van der Waals surface area contributed by atoms with Crippen molar-refractivity contribution in [1.29, 1.82) is 0 Å². The Morgan fingerprint density at radius 3 is 2.77 bits per heavy atom. The Morgan fingerprint density at radius 2 is 1.90 bits per heavy atom. The fourth-order valence-electron chi connectivity index (χ4n) is 3.48. The van der Waals surface area contributed by atoms with Crippen molar-refractivity contribution in [1.82, 2.24) is 4.98 Å². The summed E-state index contributed by atoms with van der Waals surface area (Å²) in [7, 11) is 0. The highest BCUT2D eigenvalue weighted by molar-refractivity contribution is 7.99. The van der Waals surface area contributed by atoms with Gasteiger partial charge in [0.05, 0.1) is 11.3 Å². The lowest BCUT2D eigenvalue weighted by Gasteiger charge is -2.22. The van der Waals surface area contributed by atoms with Crippen LogP contribution in [0.3, 0.4) is 0 Å². The Morgan fingerprint density at radius 1 is 1.07 bits per heavy atom. The molecule has 0 spiro atoms. The maximum atomic E-state index is 13.2. The maximum absolute atomic E-state index is 13.2. The molecule has 1 aliphatic rings. The molecular weight excluding hydrogens is 394 g/mol. The second-order valence-corrected chi connectivity index (χ2v) is 8.31. The zero-order valence-corrected chi connectivity index (χ0v) is 17.8. The highest BCUT2D eigenvalue weighted by Crippen LogP contribution is 2.39. The molecule has 0 saturated heterocycles. The van der Waals surface area contributed by atoms with Gasteiger partial charge < -0.3 is 10.2 Å². The van der Waals surface area contributed by atoms with E-state index in [-0.39, 0.29) is 11.8 Å². The van der Waals surface area contributed by atoms with E-state index >= 15 is 0 Å². The highest BCUT2D eigenvalue weighted by Gasteiger charge is 2.27. The normalized spacial score (nSPS) is 12.7. The number of pyridine rings is 1. The van der Waals surface area contributed by atoms with Crippen LogP contribution < -0.4 is 10.2 Å². The van der Waals surface area contributed by atoms with E-state index in [4.69, 9.17) is 0 Å². The summed E-state index contributed by atoms with van der Waals surface area (Å²) in [6.07, 6.45) is 2.63. The molecule has 0 atom stereocenters. The van der Waals surface area contributed by atoms with E-state index in [1.165, 1.54) is 11.8 Å². The summed E-state index contributed by atoms with van der Waals surface area (Å²) in [4.78, 5) is 32.8. The topological polar surface area (TPSA) is 62.3 Å². The summed E-state index contributed by atoms with van der Waals surface area (Å²) in [5.41, 5.74) is 4.51. The monoisotopic (exact) mass is 417 g/mol. The van der Waals surface area contributed by atoms with Gasteiger partial charge in [-0.2, -0.15) is 0 Å². The van der Waals surface area contributed by atoms with Gasteiger partial charge in [-0.15, -0.1) is 0 Å². The van der Waals surface area contributed by atoms with Crippen LogP contribution in [0.5, 0.6) is 0 Å². The molecule has 0 fully saturated rings. The fourth-order valence-corrected chi connectivity index (χ4v) is 4.49. The van der Waals surface area contributed by atoms with Gasteiger partial charge in [-0.1, -0.05) is 36.0 Å². The van der Waals surface area contributed by atoms with Gasteiger partial charge in [0.2, 0.25) is 5.91 Å². The first-order valence-electron chi connectivity index (χ1n) is 9.94. The lowest BCUT2D eigenvalue weighted by molar-refractivity contribution is -0.116. The first kappa shape index (κ1) is 20.2. The van der Waals surface area contributed by atoms with Crippen LogP contribution in [0.15, 0.2) is 70.7 Å². The molecule has 5 nitrogen and oxygen atoms in total. The average Bonchev–Trinajstić information content (AvgIpc) is 2.86. The molecule has 2 aromatic carbocycles. The van der Waals surface area contributed by atoms with Crippen LogP contribution in [-0.2, 0) is 4.79 Å². The lowest BCUT2D eigenvalue weighted by atomic mass is 10.1. The number of carbonyl (C=O) groups is 2. The molecule has 0 bridgehead atoms. The standard InChI is InChI=1S/C24H23N3O2S/c1-16-8-5-10-19(17(16)2)26-22(28)13-7-15-27-20-11-6-14-25-23(20)30-21-12-4-3-9-18(21)24(27)29/h3-6,8-12,14H,7,13,15H2,1-2H3,(H,26,28). The zero-order chi connectivity index (χ0) is 21.1. The molecule has 0 aliphatic carbocycles. The number of benzene rings is 2. The first-order valence-corrected chi connectivity index (χ1v) is 10.8. The molecule has 152 valence electrons. The number of aromatic nitrogens is 1. The van der Waals surface area contributed by atoms with Crippen LogP contribution in [0.2, 0.25) is 0 Å². The molecule has 1 N–H and O–H groups in total. The second kappa shape index (κ2) is 8.71. The number of hydrogen-bond donors (Lipinski definition) is 1. The van der Waals surface area contributed by atoms with Gasteiger partial charge in [-0.25, -0.2) is 4.98 Å². The molecule has 30 heavy (non-hydrogen) atoms. The van der Waals surface area contributed by atoms with Crippen LogP contribution >= 0.6 is 11.8 Å². The van der Waals surface area contributed by atoms with E-state index in [2.05, 4.69) is 10.3 Å². The molecule has 4 rings (SSSR count). The lowest BCUT2D eigenvalue weighted by Crippen LogP contribution is -2.32. The zero-order valence-electron chi connectivity index (χ0n) is 17.0. The van der Waals surface area contributed by atoms with Gasteiger partial charge in [0.15, 0.2) is 0 Å². The van der Waals surface area contributed by atoms with E-state index in [1.54, 1.807) is 11.1 Å². The van der Waals surface area contributed by atoms with E-state index in [0.29, 0.717) is 24.9 Å². The number of nitrogens with one attached hydrogen (secondary N) is 1. The van der Waals surface area contributed by atoms with E-state index in [0.717, 1.165) is 32.4 Å². The van der Waals surface area contributed by atoms with Crippen molar-refractivity contribution in [2.45, 2.75) is 36.6 Å². The number of hydrogen-bond acceptors (Lipinski definition) is 4. The van der Waals surface area contributed by atoms with Crippen LogP contribution in [0.25, 0.3) is 0 Å². The predicted molar refractivity (Wildman–Crippen MR) is 120 cm³/mol. The Labute approximate surface area is 180 Å². The van der Waals surface area contributed by atoms with Crippen molar-refractivity contribution in [3.63, 3.8) is 0 Å². The van der Waals surface area contributed by atoms with Crippen molar-refractivity contribution in [2.24, 2.45) is 0 Å². The molecule has 1 aromatic heterocycles. The summed E-state index contributed by atoms with van der Waals surface area (Å²) in [5.74, 6) is -0.105. The molecule has 2 amide bonds. The average molecular weight is 418 g/mol. The largest absolute Gasteiger partial charge is 0.326 e. The van der Waals surface area contributed by atoms with Crippen LogP contribution in [-0.4, -0.2) is 23.3 Å². The molecule has 3 aromatic rings. The number of amides is 2. The molecule has 6 heteroatoms. The smallest absolute Gasteiger partial charge is 0.259 e. The Kier molecular flexibility index (Phi) is 5.86. The quantitative estimate of drug-likeness (QED) is 0.618. The van der Waals surface area contributed by atoms with E-state index in [9.17, 15) is 9.59 Å². The summed E-state index contributed by atoms with van der Waals surface area (Å²) in [5, 5.41) is 3.79. The molecule has 0 saturated carbocycles. The van der Waals surface area contributed by atoms with Crippen LogP contribution in [0, 0.1) is 13.8 Å². The minimum Gasteiger partial charge on any atom is -0.326 e. The number of carbonyl (C=O) groups excluding carboxylic acids is 2. The van der Waals surface area contributed by atoms with Crippen molar-refractivity contribution >= 4 is 35.0 Å². The van der Waals surface area contributed by atoms with Gasteiger partial charge >= 0.3 is 0 Å². The van der Waals surface area contributed by atoms with Gasteiger partial charge in [-0.05, 0) is 61.7 Å². The summed E-state index contributed by atoms with van der Waals surface area (Å²) in [6, 6.07) is 17.2. The third-order valence-electron chi connectivity index (χ3n) is 5.28. The van der Waals surface area contributed by atoms with Crippen molar-refractivity contribution in [3.8, 4) is 0 Å². The van der Waals surface area contributed by atoms with Crippen molar-refractivity contribution < 1.29 is 9.59 Å². The number of anilines is 2. The second-order valence-electron chi connectivity index (χ2n) is 7.28. The van der Waals surface area contributed by atoms with Gasteiger partial charge in [0.1, 0.15) is 5.03 Å². The highest BCUT2D eigenvalue weighted by atomic mass is 32.2. The van der Waals surface area contributed by atoms with Crippen LogP contribution in [0.1, 0.15) is 34.3 Å². The van der Waals surface area contributed by atoms with Gasteiger partial charge in [0.25, 0.3) is 5.91 Å².